The van der Waals surface area contributed by atoms with Gasteiger partial charge in [0.2, 0.25) is 0 Å². The van der Waals surface area contributed by atoms with E-state index in [2.05, 4.69) is 27.9 Å². The second-order valence-electron chi connectivity index (χ2n) is 4.83. The zero-order chi connectivity index (χ0) is 15.6. The van der Waals surface area contributed by atoms with Crippen LogP contribution in [0.15, 0.2) is 47.4 Å². The summed E-state index contributed by atoms with van der Waals surface area (Å²) in [4.78, 5) is 0.301. The number of halogens is 2. The summed E-state index contributed by atoms with van der Waals surface area (Å²) in [6.45, 7) is 1.97. The first-order valence-electron chi connectivity index (χ1n) is 6.29. The molecule has 0 saturated carbocycles. The van der Waals surface area contributed by atoms with Crippen LogP contribution in [-0.4, -0.2) is 14.7 Å². The molecule has 21 heavy (non-hydrogen) atoms. The van der Waals surface area contributed by atoms with Crippen molar-refractivity contribution in [1.29, 1.82) is 0 Å². The van der Waals surface area contributed by atoms with E-state index in [1.165, 1.54) is 18.4 Å². The Morgan fingerprint density at radius 2 is 1.76 bits per heavy atom. The van der Waals surface area contributed by atoms with Crippen LogP contribution < -0.4 is 5.32 Å². The maximum atomic E-state index is 13.1. The van der Waals surface area contributed by atoms with Crippen molar-refractivity contribution >= 4 is 38.1 Å². The average Bonchev–Trinajstić information content (AvgIpc) is 2.41. The van der Waals surface area contributed by atoms with E-state index in [0.29, 0.717) is 4.90 Å². The Morgan fingerprint density at radius 3 is 2.29 bits per heavy atom. The number of anilines is 1. The van der Waals surface area contributed by atoms with Crippen molar-refractivity contribution in [3.8, 4) is 0 Å². The smallest absolute Gasteiger partial charge is 0.175 e. The molecule has 0 aliphatic rings. The Labute approximate surface area is 137 Å². The van der Waals surface area contributed by atoms with Gasteiger partial charge in [-0.3, -0.25) is 0 Å². The van der Waals surface area contributed by atoms with Crippen molar-refractivity contribution in [3.63, 3.8) is 0 Å². The predicted octanol–water partition coefficient (Wildman–Crippen LogP) is 4.01. The standard InChI is InChI=1S/C15H15FINO2S/c1-10(18-15-8-5-12(16)9-14(15)17)11-3-6-13(7-4-11)21(2,19)20/h3-10,18H,1-2H3. The summed E-state index contributed by atoms with van der Waals surface area (Å²) in [5.41, 5.74) is 1.80. The van der Waals surface area contributed by atoms with Crippen molar-refractivity contribution in [3.05, 3.63) is 57.4 Å². The van der Waals surface area contributed by atoms with Crippen LogP contribution in [-0.2, 0) is 9.84 Å². The third-order valence-electron chi connectivity index (χ3n) is 3.11. The maximum Gasteiger partial charge on any atom is 0.175 e. The van der Waals surface area contributed by atoms with Crippen molar-refractivity contribution in [2.24, 2.45) is 0 Å². The normalized spacial score (nSPS) is 13.0. The summed E-state index contributed by atoms with van der Waals surface area (Å²) in [7, 11) is -3.18. The number of hydrogen-bond acceptors (Lipinski definition) is 3. The lowest BCUT2D eigenvalue weighted by atomic mass is 10.1. The van der Waals surface area contributed by atoms with Gasteiger partial charge in [0, 0.05) is 21.6 Å². The molecule has 3 nitrogen and oxygen atoms in total. The highest BCUT2D eigenvalue weighted by Gasteiger charge is 2.11. The molecule has 0 fully saturated rings. The molecule has 2 aromatic carbocycles. The molecule has 6 heteroatoms. The second kappa shape index (κ2) is 6.31. The van der Waals surface area contributed by atoms with Crippen LogP contribution in [0.1, 0.15) is 18.5 Å². The number of hydrogen-bond donors (Lipinski definition) is 1. The van der Waals surface area contributed by atoms with Crippen LogP contribution in [0.25, 0.3) is 0 Å². The van der Waals surface area contributed by atoms with E-state index in [1.54, 1.807) is 30.3 Å². The monoisotopic (exact) mass is 419 g/mol. The van der Waals surface area contributed by atoms with Crippen LogP contribution >= 0.6 is 22.6 Å². The minimum atomic E-state index is -3.18. The Morgan fingerprint density at radius 1 is 1.14 bits per heavy atom. The van der Waals surface area contributed by atoms with E-state index < -0.39 is 9.84 Å². The fourth-order valence-electron chi connectivity index (χ4n) is 1.93. The van der Waals surface area contributed by atoms with Gasteiger partial charge in [0.05, 0.1) is 4.90 Å². The average molecular weight is 419 g/mol. The number of sulfone groups is 1. The van der Waals surface area contributed by atoms with E-state index >= 15 is 0 Å². The minimum Gasteiger partial charge on any atom is -0.378 e. The number of rotatable bonds is 4. The van der Waals surface area contributed by atoms with E-state index in [1.807, 2.05) is 6.92 Å². The zero-order valence-electron chi connectivity index (χ0n) is 11.6. The summed E-state index contributed by atoms with van der Waals surface area (Å²) in [6, 6.07) is 11.3. The largest absolute Gasteiger partial charge is 0.378 e. The molecule has 112 valence electrons. The topological polar surface area (TPSA) is 46.2 Å². The Bertz CT molecular complexity index is 745. The van der Waals surface area contributed by atoms with Gasteiger partial charge < -0.3 is 5.32 Å². The fourth-order valence-corrected chi connectivity index (χ4v) is 3.19. The van der Waals surface area contributed by atoms with Gasteiger partial charge in [0.15, 0.2) is 9.84 Å². The van der Waals surface area contributed by atoms with Crippen LogP contribution in [0, 0.1) is 9.39 Å². The lowest BCUT2D eigenvalue weighted by Crippen LogP contribution is -2.08. The summed E-state index contributed by atoms with van der Waals surface area (Å²) in [6.07, 6.45) is 1.19. The predicted molar refractivity (Wildman–Crippen MR) is 90.7 cm³/mol. The molecular formula is C15H15FINO2S. The summed E-state index contributed by atoms with van der Waals surface area (Å²) in [5.74, 6) is -0.268. The van der Waals surface area contributed by atoms with Crippen molar-refractivity contribution in [2.75, 3.05) is 11.6 Å². The lowest BCUT2D eigenvalue weighted by molar-refractivity contribution is 0.602. The molecule has 0 aliphatic heterocycles. The Hall–Kier alpha value is -1.15. The SMILES string of the molecule is CC(Nc1ccc(F)cc1I)c1ccc(S(C)(=O)=O)cc1. The molecule has 0 aromatic heterocycles. The molecule has 2 rings (SSSR count). The van der Waals surface area contributed by atoms with E-state index in [9.17, 15) is 12.8 Å². The first-order valence-corrected chi connectivity index (χ1v) is 9.26. The fraction of sp³-hybridized carbons (Fsp3) is 0.200. The van der Waals surface area contributed by atoms with Gasteiger partial charge in [-0.25, -0.2) is 12.8 Å². The van der Waals surface area contributed by atoms with Crippen LogP contribution in [0.2, 0.25) is 0 Å². The summed E-state index contributed by atoms with van der Waals surface area (Å²) in [5, 5.41) is 3.29. The van der Waals surface area contributed by atoms with Crippen molar-refractivity contribution in [2.45, 2.75) is 17.9 Å². The van der Waals surface area contributed by atoms with Crippen LogP contribution in [0.4, 0.5) is 10.1 Å². The number of benzene rings is 2. The number of nitrogens with one attached hydrogen (secondary N) is 1. The Balaban J connectivity index is 2.18. The molecule has 0 saturated heterocycles. The maximum absolute atomic E-state index is 13.1. The Kier molecular flexibility index (Phi) is 4.88. The lowest BCUT2D eigenvalue weighted by Gasteiger charge is -2.17. The van der Waals surface area contributed by atoms with Gasteiger partial charge in [0.1, 0.15) is 5.82 Å². The third kappa shape index (κ3) is 4.16. The highest BCUT2D eigenvalue weighted by atomic mass is 127. The van der Waals surface area contributed by atoms with E-state index in [-0.39, 0.29) is 11.9 Å². The summed E-state index contributed by atoms with van der Waals surface area (Å²) < 4.78 is 36.7. The highest BCUT2D eigenvalue weighted by Crippen LogP contribution is 2.25. The van der Waals surface area contributed by atoms with Gasteiger partial charge in [-0.1, -0.05) is 12.1 Å². The zero-order valence-corrected chi connectivity index (χ0v) is 14.6. The molecule has 0 aliphatic carbocycles. The summed E-state index contributed by atoms with van der Waals surface area (Å²) >= 11 is 2.07. The minimum absolute atomic E-state index is 0.0161. The molecule has 0 radical (unpaired) electrons. The van der Waals surface area contributed by atoms with Gasteiger partial charge in [-0.15, -0.1) is 0 Å². The van der Waals surface area contributed by atoms with Gasteiger partial charge >= 0.3 is 0 Å². The van der Waals surface area contributed by atoms with Crippen molar-refractivity contribution in [1.82, 2.24) is 0 Å². The molecule has 0 amide bonds. The molecular weight excluding hydrogens is 404 g/mol. The molecule has 1 atom stereocenters. The van der Waals surface area contributed by atoms with E-state index in [0.717, 1.165) is 14.8 Å². The molecule has 2 aromatic rings. The first-order chi connectivity index (χ1) is 9.77. The first kappa shape index (κ1) is 16.2. The van der Waals surface area contributed by atoms with Gasteiger partial charge in [-0.2, -0.15) is 0 Å². The van der Waals surface area contributed by atoms with Crippen LogP contribution in [0.3, 0.4) is 0 Å². The molecule has 1 unspecified atom stereocenters. The molecule has 0 spiro atoms. The van der Waals surface area contributed by atoms with Gasteiger partial charge in [-0.05, 0) is 65.4 Å². The molecule has 0 bridgehead atoms. The van der Waals surface area contributed by atoms with Crippen LogP contribution in [0.5, 0.6) is 0 Å². The quantitative estimate of drug-likeness (QED) is 0.763. The third-order valence-corrected chi connectivity index (χ3v) is 5.13. The highest BCUT2D eigenvalue weighted by molar-refractivity contribution is 14.1. The molecule has 0 heterocycles. The van der Waals surface area contributed by atoms with Gasteiger partial charge in [0.25, 0.3) is 0 Å². The van der Waals surface area contributed by atoms with E-state index in [4.69, 9.17) is 0 Å². The second-order valence-corrected chi connectivity index (χ2v) is 8.01. The molecule has 1 N–H and O–H groups in total. The van der Waals surface area contributed by atoms with Crippen molar-refractivity contribution < 1.29 is 12.8 Å².